The molecule has 1 aliphatic rings. The molecule has 0 unspecified atom stereocenters. The topological polar surface area (TPSA) is 0 Å². The number of aryl methyl sites for hydroxylation is 2. The SMILES string of the molecule is CC.CCCCCCCCC1(CCCCCCCC)c2cc(C)ccc2-c2ccc(C)cc21. The van der Waals surface area contributed by atoms with Crippen LogP contribution in [0.5, 0.6) is 0 Å². The average molecular weight is 449 g/mol. The second-order valence-corrected chi connectivity index (χ2v) is 10.2. The first kappa shape index (κ1) is 27.7. The van der Waals surface area contributed by atoms with Crippen molar-refractivity contribution in [2.45, 2.75) is 137 Å². The molecule has 0 fully saturated rings. The van der Waals surface area contributed by atoms with Gasteiger partial charge in [-0.15, -0.1) is 0 Å². The molecule has 0 saturated carbocycles. The number of benzene rings is 2. The molecule has 2 aromatic rings. The number of fused-ring (bicyclic) bond motifs is 3. The van der Waals surface area contributed by atoms with Crippen molar-refractivity contribution in [1.29, 1.82) is 0 Å². The van der Waals surface area contributed by atoms with Crippen molar-refractivity contribution in [3.05, 3.63) is 58.7 Å². The molecular weight excluding hydrogens is 396 g/mol. The molecule has 0 heterocycles. The third-order valence-corrected chi connectivity index (χ3v) is 7.59. The summed E-state index contributed by atoms with van der Waals surface area (Å²) in [6, 6.07) is 14.5. The van der Waals surface area contributed by atoms with Crippen molar-refractivity contribution in [3.8, 4) is 11.1 Å². The maximum Gasteiger partial charge on any atom is 0.0215 e. The van der Waals surface area contributed by atoms with E-state index in [1.807, 2.05) is 13.8 Å². The molecule has 0 radical (unpaired) electrons. The zero-order valence-corrected chi connectivity index (χ0v) is 22.9. The normalized spacial score (nSPS) is 13.3. The average Bonchev–Trinajstić information content (AvgIpc) is 3.08. The standard InChI is InChI=1S/C31H46.C2H6/c1-5-7-9-11-13-15-21-31(22-16-14-12-10-8-6-2)29-23-25(3)17-19-27(29)28-20-18-26(4)24-30(28)31;1-2/h17-20,23-24H,5-16,21-22H2,1-4H3;1-2H3. The van der Waals surface area contributed by atoms with Gasteiger partial charge in [-0.3, -0.25) is 0 Å². The summed E-state index contributed by atoms with van der Waals surface area (Å²) in [5.41, 5.74) is 9.36. The van der Waals surface area contributed by atoms with Crippen LogP contribution in [-0.4, -0.2) is 0 Å². The van der Waals surface area contributed by atoms with Crippen LogP contribution in [0.2, 0.25) is 0 Å². The number of unbranched alkanes of at least 4 members (excludes halogenated alkanes) is 10. The molecule has 0 heteroatoms. The van der Waals surface area contributed by atoms with Gasteiger partial charge >= 0.3 is 0 Å². The minimum atomic E-state index is 0.234. The smallest absolute Gasteiger partial charge is 0.0215 e. The van der Waals surface area contributed by atoms with Gasteiger partial charge < -0.3 is 0 Å². The summed E-state index contributed by atoms with van der Waals surface area (Å²) < 4.78 is 0. The molecule has 184 valence electrons. The van der Waals surface area contributed by atoms with Crippen molar-refractivity contribution in [2.75, 3.05) is 0 Å². The van der Waals surface area contributed by atoms with E-state index in [0.29, 0.717) is 0 Å². The lowest BCUT2D eigenvalue weighted by Crippen LogP contribution is -2.25. The first-order chi connectivity index (χ1) is 16.1. The highest BCUT2D eigenvalue weighted by Gasteiger charge is 2.42. The zero-order valence-electron chi connectivity index (χ0n) is 22.9. The summed E-state index contributed by atoms with van der Waals surface area (Å²) in [7, 11) is 0. The maximum atomic E-state index is 2.53. The van der Waals surface area contributed by atoms with Gasteiger partial charge in [-0.2, -0.15) is 0 Å². The highest BCUT2D eigenvalue weighted by atomic mass is 14.4. The van der Waals surface area contributed by atoms with E-state index in [9.17, 15) is 0 Å². The van der Waals surface area contributed by atoms with E-state index in [1.165, 1.54) is 112 Å². The second kappa shape index (κ2) is 14.6. The van der Waals surface area contributed by atoms with Gasteiger partial charge in [-0.25, -0.2) is 0 Å². The largest absolute Gasteiger partial charge is 0.0683 e. The van der Waals surface area contributed by atoms with Crippen molar-refractivity contribution in [2.24, 2.45) is 0 Å². The molecule has 0 N–H and O–H groups in total. The van der Waals surface area contributed by atoms with Crippen molar-refractivity contribution >= 4 is 0 Å². The van der Waals surface area contributed by atoms with E-state index in [-0.39, 0.29) is 5.41 Å². The van der Waals surface area contributed by atoms with Crippen molar-refractivity contribution in [3.63, 3.8) is 0 Å². The fourth-order valence-corrected chi connectivity index (χ4v) is 5.80. The first-order valence-electron chi connectivity index (χ1n) is 14.3. The van der Waals surface area contributed by atoms with Gasteiger partial charge in [0, 0.05) is 5.41 Å². The van der Waals surface area contributed by atoms with E-state index in [2.05, 4.69) is 64.1 Å². The monoisotopic (exact) mass is 448 g/mol. The zero-order chi connectivity index (χ0) is 24.1. The van der Waals surface area contributed by atoms with Crippen LogP contribution in [0.25, 0.3) is 11.1 Å². The molecule has 0 bridgehead atoms. The summed E-state index contributed by atoms with van der Waals surface area (Å²) >= 11 is 0. The van der Waals surface area contributed by atoms with Gasteiger partial charge in [0.25, 0.3) is 0 Å². The maximum absolute atomic E-state index is 2.53. The van der Waals surface area contributed by atoms with E-state index in [0.717, 1.165) is 0 Å². The van der Waals surface area contributed by atoms with Gasteiger partial charge in [0.2, 0.25) is 0 Å². The predicted molar refractivity (Wildman–Crippen MR) is 149 cm³/mol. The lowest BCUT2D eigenvalue weighted by atomic mass is 9.70. The molecule has 1 aliphatic carbocycles. The molecule has 0 amide bonds. The van der Waals surface area contributed by atoms with Crippen molar-refractivity contribution < 1.29 is 0 Å². The quantitative estimate of drug-likeness (QED) is 0.252. The van der Waals surface area contributed by atoms with Gasteiger partial charge in [0.1, 0.15) is 0 Å². The predicted octanol–water partition coefficient (Wildman–Crippen LogP) is 11.1. The molecule has 0 aliphatic heterocycles. The summed E-state index contributed by atoms with van der Waals surface area (Å²) in [6.45, 7) is 13.2. The minimum absolute atomic E-state index is 0.234. The van der Waals surface area contributed by atoms with Crippen LogP contribution < -0.4 is 0 Å². The Morgan fingerprint density at radius 1 is 0.515 bits per heavy atom. The Morgan fingerprint density at radius 3 is 1.27 bits per heavy atom. The Morgan fingerprint density at radius 2 is 0.879 bits per heavy atom. The number of rotatable bonds is 14. The third kappa shape index (κ3) is 7.21. The Labute approximate surface area is 206 Å². The number of hydrogen-bond acceptors (Lipinski definition) is 0. The Bertz CT molecular complexity index is 743. The van der Waals surface area contributed by atoms with Crippen LogP contribution in [0.3, 0.4) is 0 Å². The van der Waals surface area contributed by atoms with Gasteiger partial charge in [-0.1, -0.05) is 152 Å². The molecule has 0 atom stereocenters. The summed E-state index contributed by atoms with van der Waals surface area (Å²) in [5, 5.41) is 0. The summed E-state index contributed by atoms with van der Waals surface area (Å²) in [4.78, 5) is 0. The highest BCUT2D eigenvalue weighted by molar-refractivity contribution is 5.81. The Balaban J connectivity index is 0.00000187. The number of hydrogen-bond donors (Lipinski definition) is 0. The van der Waals surface area contributed by atoms with E-state index in [1.54, 1.807) is 11.1 Å². The lowest BCUT2D eigenvalue weighted by molar-refractivity contribution is 0.397. The van der Waals surface area contributed by atoms with Crippen LogP contribution in [-0.2, 0) is 5.41 Å². The van der Waals surface area contributed by atoms with Gasteiger partial charge in [0.05, 0.1) is 0 Å². The molecule has 0 spiro atoms. The molecule has 33 heavy (non-hydrogen) atoms. The molecule has 0 nitrogen and oxygen atoms in total. The van der Waals surface area contributed by atoms with Gasteiger partial charge in [-0.05, 0) is 48.9 Å². The molecule has 0 aromatic heterocycles. The third-order valence-electron chi connectivity index (χ3n) is 7.59. The molecule has 2 aromatic carbocycles. The lowest BCUT2D eigenvalue weighted by Gasteiger charge is -2.33. The van der Waals surface area contributed by atoms with E-state index >= 15 is 0 Å². The molecular formula is C33H52. The molecule has 0 saturated heterocycles. The van der Waals surface area contributed by atoms with Crippen LogP contribution in [0, 0.1) is 13.8 Å². The first-order valence-corrected chi connectivity index (χ1v) is 14.3. The van der Waals surface area contributed by atoms with E-state index in [4.69, 9.17) is 0 Å². The Hall–Kier alpha value is -1.56. The molecule has 3 rings (SSSR count). The van der Waals surface area contributed by atoms with Crippen LogP contribution in [0.15, 0.2) is 36.4 Å². The van der Waals surface area contributed by atoms with Crippen molar-refractivity contribution in [1.82, 2.24) is 0 Å². The fourth-order valence-electron chi connectivity index (χ4n) is 5.80. The summed E-state index contributed by atoms with van der Waals surface area (Å²) in [6.07, 6.45) is 19.2. The Kier molecular flexibility index (Phi) is 12.3. The van der Waals surface area contributed by atoms with Crippen LogP contribution in [0.1, 0.15) is 140 Å². The fraction of sp³-hybridized carbons (Fsp3) is 0.636. The van der Waals surface area contributed by atoms with Crippen LogP contribution >= 0.6 is 0 Å². The second-order valence-electron chi connectivity index (χ2n) is 10.2. The van der Waals surface area contributed by atoms with Gasteiger partial charge in [0.15, 0.2) is 0 Å². The van der Waals surface area contributed by atoms with Crippen LogP contribution in [0.4, 0.5) is 0 Å². The minimum Gasteiger partial charge on any atom is -0.0683 e. The summed E-state index contributed by atoms with van der Waals surface area (Å²) in [5.74, 6) is 0. The van der Waals surface area contributed by atoms with E-state index < -0.39 is 0 Å². The highest BCUT2D eigenvalue weighted by Crippen LogP contribution is 2.54.